The normalized spacial score (nSPS) is 10.3. The van der Waals surface area contributed by atoms with Gasteiger partial charge in [-0.15, -0.1) is 0 Å². The second kappa shape index (κ2) is 6.09. The zero-order chi connectivity index (χ0) is 13.7. The SMILES string of the molecule is CCOC(=O)c1ccc(C(=O)C(F)F)c(OC)c1. The fraction of sp³-hybridized carbons (Fsp3) is 0.333. The van der Waals surface area contributed by atoms with Crippen molar-refractivity contribution in [1.29, 1.82) is 0 Å². The first kappa shape index (κ1) is 14.1. The molecule has 0 N–H and O–H groups in total. The molecule has 0 aliphatic carbocycles. The molecular weight excluding hydrogens is 246 g/mol. The standard InChI is InChI=1S/C12H12F2O4/c1-3-18-12(16)7-4-5-8(9(6-7)17-2)10(15)11(13)14/h4-6,11H,3H2,1-2H3. The van der Waals surface area contributed by atoms with Crippen LogP contribution in [0.2, 0.25) is 0 Å². The third kappa shape index (κ3) is 3.03. The van der Waals surface area contributed by atoms with Crippen molar-refractivity contribution < 1.29 is 27.8 Å². The number of Topliss-reactive ketones (excluding diaryl/α,β-unsaturated/α-hetero) is 1. The van der Waals surface area contributed by atoms with Gasteiger partial charge in [-0.1, -0.05) is 0 Å². The molecule has 0 radical (unpaired) electrons. The van der Waals surface area contributed by atoms with E-state index in [9.17, 15) is 18.4 Å². The Balaban J connectivity index is 3.11. The average Bonchev–Trinajstić information content (AvgIpc) is 2.37. The molecule has 4 nitrogen and oxygen atoms in total. The highest BCUT2D eigenvalue weighted by molar-refractivity contribution is 6.02. The minimum absolute atomic E-state index is 0.0779. The maximum Gasteiger partial charge on any atom is 0.338 e. The fourth-order valence-electron chi connectivity index (χ4n) is 1.35. The van der Waals surface area contributed by atoms with Gasteiger partial charge in [0, 0.05) is 0 Å². The number of carbonyl (C=O) groups excluding carboxylic acids is 2. The Kier molecular flexibility index (Phi) is 4.76. The van der Waals surface area contributed by atoms with E-state index in [1.807, 2.05) is 0 Å². The lowest BCUT2D eigenvalue weighted by Gasteiger charge is -2.09. The largest absolute Gasteiger partial charge is 0.496 e. The number of alkyl halides is 2. The number of hydrogen-bond acceptors (Lipinski definition) is 4. The van der Waals surface area contributed by atoms with Crippen molar-refractivity contribution in [2.45, 2.75) is 13.3 Å². The molecule has 0 heterocycles. The summed E-state index contributed by atoms with van der Waals surface area (Å²) in [6.45, 7) is 1.84. The summed E-state index contributed by atoms with van der Waals surface area (Å²) in [6, 6.07) is 3.57. The Bertz CT molecular complexity index is 457. The monoisotopic (exact) mass is 258 g/mol. The van der Waals surface area contributed by atoms with Gasteiger partial charge >= 0.3 is 12.4 Å². The number of carbonyl (C=O) groups is 2. The quantitative estimate of drug-likeness (QED) is 0.600. The van der Waals surface area contributed by atoms with Crippen molar-refractivity contribution in [3.63, 3.8) is 0 Å². The van der Waals surface area contributed by atoms with E-state index in [1.54, 1.807) is 6.92 Å². The smallest absolute Gasteiger partial charge is 0.338 e. The van der Waals surface area contributed by atoms with Crippen LogP contribution in [0.25, 0.3) is 0 Å². The summed E-state index contributed by atoms with van der Waals surface area (Å²) in [5.41, 5.74) is -0.125. The predicted molar refractivity (Wildman–Crippen MR) is 59.3 cm³/mol. The summed E-state index contributed by atoms with van der Waals surface area (Å²) in [4.78, 5) is 22.6. The highest BCUT2D eigenvalue weighted by Crippen LogP contribution is 2.23. The molecule has 0 amide bonds. The number of benzene rings is 1. The van der Waals surface area contributed by atoms with E-state index in [0.717, 1.165) is 6.07 Å². The van der Waals surface area contributed by atoms with Gasteiger partial charge in [-0.05, 0) is 25.1 Å². The molecule has 0 spiro atoms. The van der Waals surface area contributed by atoms with Gasteiger partial charge in [0.05, 0.1) is 24.8 Å². The fourth-order valence-corrected chi connectivity index (χ4v) is 1.35. The number of rotatable bonds is 5. The van der Waals surface area contributed by atoms with E-state index < -0.39 is 18.2 Å². The molecule has 0 unspecified atom stereocenters. The van der Waals surface area contributed by atoms with Crippen molar-refractivity contribution in [2.24, 2.45) is 0 Å². The van der Waals surface area contributed by atoms with Gasteiger partial charge in [-0.2, -0.15) is 0 Å². The van der Waals surface area contributed by atoms with Crippen molar-refractivity contribution in [2.75, 3.05) is 13.7 Å². The highest BCUT2D eigenvalue weighted by atomic mass is 19.3. The first-order valence-corrected chi connectivity index (χ1v) is 5.18. The van der Waals surface area contributed by atoms with E-state index in [2.05, 4.69) is 0 Å². The van der Waals surface area contributed by atoms with E-state index >= 15 is 0 Å². The summed E-state index contributed by atoms with van der Waals surface area (Å²) >= 11 is 0. The molecule has 1 aromatic rings. The van der Waals surface area contributed by atoms with Crippen LogP contribution in [0, 0.1) is 0 Å². The Morgan fingerprint density at radius 1 is 1.33 bits per heavy atom. The molecule has 18 heavy (non-hydrogen) atoms. The minimum Gasteiger partial charge on any atom is -0.496 e. The zero-order valence-electron chi connectivity index (χ0n) is 9.91. The molecule has 0 saturated carbocycles. The topological polar surface area (TPSA) is 52.6 Å². The first-order chi connectivity index (χ1) is 8.51. The van der Waals surface area contributed by atoms with Gasteiger partial charge in [-0.25, -0.2) is 13.6 Å². The third-order valence-electron chi connectivity index (χ3n) is 2.18. The van der Waals surface area contributed by atoms with Crippen molar-refractivity contribution in [3.05, 3.63) is 29.3 Å². The Labute approximate surface area is 103 Å². The third-order valence-corrected chi connectivity index (χ3v) is 2.18. The number of hydrogen-bond donors (Lipinski definition) is 0. The lowest BCUT2D eigenvalue weighted by molar-refractivity contribution is 0.0525. The molecule has 0 aliphatic rings. The van der Waals surface area contributed by atoms with Crippen LogP contribution in [0.1, 0.15) is 27.6 Å². The van der Waals surface area contributed by atoms with Gasteiger partial charge in [0.2, 0.25) is 5.78 Å². The van der Waals surface area contributed by atoms with Crippen LogP contribution in [-0.2, 0) is 4.74 Å². The van der Waals surface area contributed by atoms with E-state index in [-0.39, 0.29) is 23.5 Å². The summed E-state index contributed by atoms with van der Waals surface area (Å²) in [5.74, 6) is -2.03. The van der Waals surface area contributed by atoms with Crippen LogP contribution in [-0.4, -0.2) is 31.9 Å². The Hall–Kier alpha value is -1.98. The molecule has 0 fully saturated rings. The van der Waals surface area contributed by atoms with Gasteiger partial charge in [0.15, 0.2) is 0 Å². The molecule has 1 rings (SSSR count). The summed E-state index contributed by atoms with van der Waals surface area (Å²) < 4.78 is 34.2. The second-order valence-corrected chi connectivity index (χ2v) is 3.30. The predicted octanol–water partition coefficient (Wildman–Crippen LogP) is 2.32. The lowest BCUT2D eigenvalue weighted by atomic mass is 10.1. The zero-order valence-corrected chi connectivity index (χ0v) is 9.91. The summed E-state index contributed by atoms with van der Waals surface area (Å²) in [7, 11) is 1.23. The number of ether oxygens (including phenoxy) is 2. The lowest BCUT2D eigenvalue weighted by Crippen LogP contribution is -2.13. The Morgan fingerprint density at radius 2 is 2.00 bits per heavy atom. The van der Waals surface area contributed by atoms with Crippen LogP contribution in [0.3, 0.4) is 0 Å². The molecular formula is C12H12F2O4. The molecule has 0 bridgehead atoms. The van der Waals surface area contributed by atoms with Crippen LogP contribution in [0.5, 0.6) is 5.75 Å². The number of ketones is 1. The molecule has 0 saturated heterocycles. The Morgan fingerprint density at radius 3 is 2.50 bits per heavy atom. The van der Waals surface area contributed by atoms with Crippen LogP contribution in [0.4, 0.5) is 8.78 Å². The molecule has 1 aromatic carbocycles. The second-order valence-electron chi connectivity index (χ2n) is 3.30. The minimum atomic E-state index is -3.12. The highest BCUT2D eigenvalue weighted by Gasteiger charge is 2.22. The van der Waals surface area contributed by atoms with Gasteiger partial charge in [0.25, 0.3) is 0 Å². The van der Waals surface area contributed by atoms with Crippen LogP contribution >= 0.6 is 0 Å². The van der Waals surface area contributed by atoms with Gasteiger partial charge < -0.3 is 9.47 Å². The van der Waals surface area contributed by atoms with Gasteiger partial charge in [0.1, 0.15) is 5.75 Å². The molecule has 0 atom stereocenters. The molecule has 98 valence electrons. The van der Waals surface area contributed by atoms with E-state index in [1.165, 1.54) is 19.2 Å². The van der Waals surface area contributed by atoms with E-state index in [4.69, 9.17) is 9.47 Å². The first-order valence-electron chi connectivity index (χ1n) is 5.18. The average molecular weight is 258 g/mol. The number of esters is 1. The molecule has 0 aromatic heterocycles. The van der Waals surface area contributed by atoms with Crippen LogP contribution in [0.15, 0.2) is 18.2 Å². The van der Waals surface area contributed by atoms with E-state index in [0.29, 0.717) is 0 Å². The van der Waals surface area contributed by atoms with Crippen LogP contribution < -0.4 is 4.74 Å². The molecule has 0 aliphatic heterocycles. The summed E-state index contributed by atoms with van der Waals surface area (Å²) in [5, 5.41) is 0. The molecule has 6 heteroatoms. The van der Waals surface area contributed by atoms with Crippen molar-refractivity contribution in [3.8, 4) is 5.75 Å². The van der Waals surface area contributed by atoms with Crippen molar-refractivity contribution in [1.82, 2.24) is 0 Å². The number of methoxy groups -OCH3 is 1. The van der Waals surface area contributed by atoms with Gasteiger partial charge in [-0.3, -0.25) is 4.79 Å². The maximum absolute atomic E-state index is 12.3. The van der Waals surface area contributed by atoms with Crippen molar-refractivity contribution >= 4 is 11.8 Å². The summed E-state index contributed by atoms with van der Waals surface area (Å²) in [6.07, 6.45) is -3.12. The number of halogens is 2. The maximum atomic E-state index is 12.3.